The quantitative estimate of drug-likeness (QED) is 0.453. The Labute approximate surface area is 150 Å². The Bertz CT molecular complexity index is 1010. The van der Waals surface area contributed by atoms with Crippen molar-refractivity contribution in [2.45, 2.75) is 31.5 Å². The van der Waals surface area contributed by atoms with Gasteiger partial charge >= 0.3 is 6.18 Å². The summed E-state index contributed by atoms with van der Waals surface area (Å²) in [7, 11) is 0. The largest absolute Gasteiger partial charge is 0.452 e. The standard InChI is InChI=1S/C18H12BrF3N2O/c1-23-13-5-6-14-12(17(13)18(20,21)22)8-15(10-2-3-10)24(14)9-11-4-7-16(19)25-11/h4-8,10H,2-3,9H2. The third-order valence-electron chi connectivity index (χ3n) is 4.44. The Hall–Kier alpha value is -2.20. The summed E-state index contributed by atoms with van der Waals surface area (Å²) >= 11 is 3.24. The number of fused-ring (bicyclic) bond motifs is 1. The summed E-state index contributed by atoms with van der Waals surface area (Å²) in [6, 6.07) is 8.01. The highest BCUT2D eigenvalue weighted by Gasteiger charge is 2.37. The van der Waals surface area contributed by atoms with Gasteiger partial charge in [-0.1, -0.05) is 6.07 Å². The normalized spacial score (nSPS) is 14.8. The first-order valence-electron chi connectivity index (χ1n) is 7.73. The van der Waals surface area contributed by atoms with Crippen LogP contribution in [0.4, 0.5) is 18.9 Å². The van der Waals surface area contributed by atoms with Gasteiger partial charge < -0.3 is 8.98 Å². The molecule has 4 rings (SSSR count). The average Bonchev–Trinajstić information content (AvgIpc) is 3.22. The van der Waals surface area contributed by atoms with Crippen LogP contribution < -0.4 is 0 Å². The van der Waals surface area contributed by atoms with Crippen molar-refractivity contribution >= 4 is 32.5 Å². The van der Waals surface area contributed by atoms with Crippen LogP contribution in [0, 0.1) is 6.57 Å². The zero-order chi connectivity index (χ0) is 17.8. The number of halogens is 4. The molecule has 25 heavy (non-hydrogen) atoms. The summed E-state index contributed by atoms with van der Waals surface area (Å²) in [6.45, 7) is 7.43. The molecule has 0 saturated heterocycles. The van der Waals surface area contributed by atoms with Gasteiger partial charge in [0, 0.05) is 16.6 Å². The lowest BCUT2D eigenvalue weighted by Gasteiger charge is -2.12. The van der Waals surface area contributed by atoms with E-state index < -0.39 is 11.7 Å². The highest BCUT2D eigenvalue weighted by molar-refractivity contribution is 9.10. The minimum absolute atomic E-state index is 0.0912. The number of hydrogen-bond acceptors (Lipinski definition) is 1. The minimum Gasteiger partial charge on any atom is -0.452 e. The van der Waals surface area contributed by atoms with Gasteiger partial charge in [0.15, 0.2) is 10.4 Å². The predicted molar refractivity (Wildman–Crippen MR) is 90.7 cm³/mol. The lowest BCUT2D eigenvalue weighted by Crippen LogP contribution is -2.06. The van der Waals surface area contributed by atoms with Crippen LogP contribution in [-0.4, -0.2) is 4.57 Å². The number of rotatable bonds is 3. The summed E-state index contributed by atoms with van der Waals surface area (Å²) in [5, 5.41) is 0.0912. The molecule has 0 atom stereocenters. The molecule has 1 aliphatic rings. The predicted octanol–water partition coefficient (Wildman–Crippen LogP) is 6.49. The van der Waals surface area contributed by atoms with Gasteiger partial charge in [-0.3, -0.25) is 0 Å². The van der Waals surface area contributed by atoms with Crippen LogP contribution in [0.5, 0.6) is 0 Å². The SMILES string of the molecule is [C-]#[N+]c1ccc2c(cc(C3CC3)n2Cc2ccc(Br)o2)c1C(F)(F)F. The Morgan fingerprint density at radius 1 is 1.24 bits per heavy atom. The van der Waals surface area contributed by atoms with Crippen LogP contribution in [0.15, 0.2) is 39.4 Å². The van der Waals surface area contributed by atoms with E-state index in [0.717, 1.165) is 18.5 Å². The molecule has 2 heterocycles. The fraction of sp³-hybridized carbons (Fsp3) is 0.278. The zero-order valence-corrected chi connectivity index (χ0v) is 14.5. The van der Waals surface area contributed by atoms with Crippen molar-refractivity contribution in [1.29, 1.82) is 0 Å². The van der Waals surface area contributed by atoms with E-state index in [9.17, 15) is 13.2 Å². The van der Waals surface area contributed by atoms with Crippen molar-refractivity contribution in [3.8, 4) is 0 Å². The molecule has 1 saturated carbocycles. The van der Waals surface area contributed by atoms with Crippen LogP contribution in [0.3, 0.4) is 0 Å². The highest BCUT2D eigenvalue weighted by atomic mass is 79.9. The van der Waals surface area contributed by atoms with E-state index in [4.69, 9.17) is 11.0 Å². The highest BCUT2D eigenvalue weighted by Crippen LogP contribution is 2.47. The zero-order valence-electron chi connectivity index (χ0n) is 12.9. The summed E-state index contributed by atoms with van der Waals surface area (Å²) < 4.78 is 48.7. The van der Waals surface area contributed by atoms with E-state index in [1.807, 2.05) is 4.57 Å². The molecule has 0 spiro atoms. The lowest BCUT2D eigenvalue weighted by molar-refractivity contribution is -0.135. The van der Waals surface area contributed by atoms with Gasteiger partial charge in [0.2, 0.25) is 0 Å². The molecule has 2 aromatic heterocycles. The number of aromatic nitrogens is 1. The molecule has 0 N–H and O–H groups in total. The number of benzene rings is 1. The molecule has 0 amide bonds. The fourth-order valence-corrected chi connectivity index (χ4v) is 3.56. The molecule has 1 aliphatic carbocycles. The third-order valence-corrected chi connectivity index (χ3v) is 4.86. The topological polar surface area (TPSA) is 22.4 Å². The first kappa shape index (κ1) is 16.3. The molecule has 0 radical (unpaired) electrons. The molecule has 3 aromatic rings. The van der Waals surface area contributed by atoms with E-state index in [0.29, 0.717) is 22.5 Å². The van der Waals surface area contributed by atoms with Crippen molar-refractivity contribution in [3.05, 3.63) is 63.4 Å². The molecule has 3 nitrogen and oxygen atoms in total. The Morgan fingerprint density at radius 3 is 2.56 bits per heavy atom. The van der Waals surface area contributed by atoms with Crippen LogP contribution >= 0.6 is 15.9 Å². The summed E-state index contributed by atoms with van der Waals surface area (Å²) in [6.07, 6.45) is -2.63. The first-order chi connectivity index (χ1) is 11.9. The minimum atomic E-state index is -4.57. The van der Waals surface area contributed by atoms with Crippen LogP contribution in [-0.2, 0) is 12.7 Å². The molecule has 7 heteroatoms. The third kappa shape index (κ3) is 2.85. The number of furan rings is 1. The molecule has 128 valence electrons. The number of hydrogen-bond donors (Lipinski definition) is 0. The van der Waals surface area contributed by atoms with Gasteiger partial charge in [0.1, 0.15) is 5.76 Å². The van der Waals surface area contributed by atoms with Crippen molar-refractivity contribution in [2.24, 2.45) is 0 Å². The monoisotopic (exact) mass is 408 g/mol. The van der Waals surface area contributed by atoms with Crippen molar-refractivity contribution in [3.63, 3.8) is 0 Å². The molecule has 0 aliphatic heterocycles. The van der Waals surface area contributed by atoms with E-state index in [-0.39, 0.29) is 17.0 Å². The Balaban J connectivity index is 1.95. The number of nitrogens with zero attached hydrogens (tertiary/aromatic N) is 2. The molecule has 1 aromatic carbocycles. The van der Waals surface area contributed by atoms with Crippen molar-refractivity contribution in [1.82, 2.24) is 4.57 Å². The summed E-state index contributed by atoms with van der Waals surface area (Å²) in [5.74, 6) is 0.928. The Morgan fingerprint density at radius 2 is 2.00 bits per heavy atom. The van der Waals surface area contributed by atoms with Crippen LogP contribution in [0.25, 0.3) is 15.7 Å². The second-order valence-corrected chi connectivity index (χ2v) is 6.92. The van der Waals surface area contributed by atoms with Gasteiger partial charge in [-0.25, -0.2) is 4.85 Å². The van der Waals surface area contributed by atoms with Gasteiger partial charge in [-0.05, 0) is 59.0 Å². The Kier molecular flexibility index (Phi) is 3.69. The first-order valence-corrected chi connectivity index (χ1v) is 8.53. The number of alkyl halides is 3. The maximum absolute atomic E-state index is 13.6. The van der Waals surface area contributed by atoms with E-state index in [1.165, 1.54) is 6.07 Å². The van der Waals surface area contributed by atoms with Gasteiger partial charge in [0.25, 0.3) is 0 Å². The smallest absolute Gasteiger partial charge is 0.408 e. The second-order valence-electron chi connectivity index (χ2n) is 6.14. The fourth-order valence-electron chi connectivity index (χ4n) is 3.22. The van der Waals surface area contributed by atoms with Crippen LogP contribution in [0.1, 0.15) is 35.8 Å². The maximum Gasteiger partial charge on any atom is 0.408 e. The lowest BCUT2D eigenvalue weighted by atomic mass is 10.1. The van der Waals surface area contributed by atoms with Gasteiger partial charge in [-0.2, -0.15) is 13.2 Å². The van der Waals surface area contributed by atoms with E-state index in [1.54, 1.807) is 24.3 Å². The second kappa shape index (κ2) is 5.67. The molecular formula is C18H12BrF3N2O. The van der Waals surface area contributed by atoms with Gasteiger partial charge in [-0.15, -0.1) is 0 Å². The van der Waals surface area contributed by atoms with Crippen molar-refractivity contribution in [2.75, 3.05) is 0 Å². The van der Waals surface area contributed by atoms with Crippen LogP contribution in [0.2, 0.25) is 0 Å². The summed E-state index contributed by atoms with van der Waals surface area (Å²) in [4.78, 5) is 3.07. The van der Waals surface area contributed by atoms with E-state index >= 15 is 0 Å². The molecule has 1 fully saturated rings. The molecular weight excluding hydrogens is 397 g/mol. The average molecular weight is 409 g/mol. The maximum atomic E-state index is 13.6. The molecule has 0 bridgehead atoms. The summed E-state index contributed by atoms with van der Waals surface area (Å²) in [5.41, 5.74) is 0.144. The van der Waals surface area contributed by atoms with E-state index in [2.05, 4.69) is 20.8 Å². The van der Waals surface area contributed by atoms with Crippen molar-refractivity contribution < 1.29 is 17.6 Å². The molecule has 0 unspecified atom stereocenters. The van der Waals surface area contributed by atoms with Gasteiger partial charge in [0.05, 0.1) is 18.7 Å².